The zero-order chi connectivity index (χ0) is 14.9. The fraction of sp³-hybridized carbons (Fsp3) is 0.364. The molecular weight excluding hydrogens is 353 g/mol. The van der Waals surface area contributed by atoms with Gasteiger partial charge < -0.3 is 4.90 Å². The summed E-state index contributed by atoms with van der Waals surface area (Å²) in [6.45, 7) is 0.598. The monoisotopic (exact) mass is 365 g/mol. The number of benzene rings is 1. The molecule has 0 spiro atoms. The number of rotatable bonds is 2. The van der Waals surface area contributed by atoms with Crippen molar-refractivity contribution in [1.29, 1.82) is 0 Å². The number of hydrogen-bond acceptors (Lipinski definition) is 3. The minimum Gasteiger partial charge on any atom is -0.336 e. The molecule has 2 rings (SSSR count). The normalized spacial score (nSPS) is 17.2. The van der Waals surface area contributed by atoms with Crippen LogP contribution in [0.5, 0.6) is 0 Å². The van der Waals surface area contributed by atoms with Crippen LogP contribution in [-0.2, 0) is 10.2 Å². The van der Waals surface area contributed by atoms with Gasteiger partial charge in [0.05, 0.1) is 5.56 Å². The average molecular weight is 366 g/mol. The van der Waals surface area contributed by atoms with Crippen LogP contribution in [0.25, 0.3) is 0 Å². The van der Waals surface area contributed by atoms with E-state index in [0.717, 1.165) is 4.31 Å². The van der Waals surface area contributed by atoms with E-state index in [9.17, 15) is 17.6 Å². The van der Waals surface area contributed by atoms with Crippen molar-refractivity contribution in [1.82, 2.24) is 9.21 Å². The Balaban J connectivity index is 2.09. The molecule has 9 heteroatoms. The summed E-state index contributed by atoms with van der Waals surface area (Å²) >= 11 is 3.12. The maximum atomic E-state index is 13.7. The van der Waals surface area contributed by atoms with Gasteiger partial charge in [-0.05, 0) is 18.2 Å². The Morgan fingerprint density at radius 1 is 1.25 bits per heavy atom. The van der Waals surface area contributed by atoms with Crippen LogP contribution in [0.4, 0.5) is 4.39 Å². The summed E-state index contributed by atoms with van der Waals surface area (Å²) in [5.74, 6) is -1.07. The quantitative estimate of drug-likeness (QED) is 0.830. The SMILES string of the molecule is NS(=O)(=O)N1CCN(C(=O)c2ccc(Br)cc2F)CC1. The van der Waals surface area contributed by atoms with E-state index >= 15 is 0 Å². The van der Waals surface area contributed by atoms with E-state index in [1.165, 1.54) is 17.0 Å². The highest BCUT2D eigenvalue weighted by molar-refractivity contribution is 9.10. The molecule has 20 heavy (non-hydrogen) atoms. The van der Waals surface area contributed by atoms with Gasteiger partial charge in [0.15, 0.2) is 0 Å². The molecule has 6 nitrogen and oxygen atoms in total. The third kappa shape index (κ3) is 3.35. The Kier molecular flexibility index (Phi) is 4.43. The Morgan fingerprint density at radius 3 is 2.35 bits per heavy atom. The van der Waals surface area contributed by atoms with Crippen LogP contribution in [0.1, 0.15) is 10.4 Å². The molecule has 110 valence electrons. The number of carbonyl (C=O) groups is 1. The van der Waals surface area contributed by atoms with Crippen LogP contribution in [0.15, 0.2) is 22.7 Å². The van der Waals surface area contributed by atoms with E-state index in [0.29, 0.717) is 4.47 Å². The lowest BCUT2D eigenvalue weighted by molar-refractivity contribution is 0.0693. The van der Waals surface area contributed by atoms with Gasteiger partial charge in [0.1, 0.15) is 5.82 Å². The van der Waals surface area contributed by atoms with E-state index in [2.05, 4.69) is 15.9 Å². The molecule has 1 fully saturated rings. The summed E-state index contributed by atoms with van der Waals surface area (Å²) in [5, 5.41) is 5.01. The van der Waals surface area contributed by atoms with E-state index in [4.69, 9.17) is 5.14 Å². The third-order valence-corrected chi connectivity index (χ3v) is 4.63. The standard InChI is InChI=1S/C11H13BrFN3O3S/c12-8-1-2-9(10(13)7-8)11(17)15-3-5-16(6-4-15)20(14,18)19/h1-2,7H,3-6H2,(H2,14,18,19). The van der Waals surface area contributed by atoms with Crippen molar-refractivity contribution in [3.8, 4) is 0 Å². The Labute approximate surface area is 124 Å². The molecular formula is C11H13BrFN3O3S. The van der Waals surface area contributed by atoms with Crippen LogP contribution >= 0.6 is 15.9 Å². The van der Waals surface area contributed by atoms with Gasteiger partial charge in [0, 0.05) is 30.7 Å². The Hall–Kier alpha value is -1.03. The zero-order valence-electron chi connectivity index (χ0n) is 10.4. The van der Waals surface area contributed by atoms with Crippen molar-refractivity contribution in [2.75, 3.05) is 26.2 Å². The highest BCUT2D eigenvalue weighted by Crippen LogP contribution is 2.18. The number of nitrogens with two attached hydrogens (primary N) is 1. The first kappa shape index (κ1) is 15.4. The molecule has 1 amide bonds. The van der Waals surface area contributed by atoms with Crippen LogP contribution in [0, 0.1) is 5.82 Å². The van der Waals surface area contributed by atoms with Crippen molar-refractivity contribution in [3.63, 3.8) is 0 Å². The van der Waals surface area contributed by atoms with Crippen molar-refractivity contribution < 1.29 is 17.6 Å². The van der Waals surface area contributed by atoms with Gasteiger partial charge >= 0.3 is 0 Å². The predicted molar refractivity (Wildman–Crippen MR) is 74.7 cm³/mol. The van der Waals surface area contributed by atoms with Crippen molar-refractivity contribution in [3.05, 3.63) is 34.1 Å². The molecule has 1 heterocycles. The lowest BCUT2D eigenvalue weighted by atomic mass is 10.1. The summed E-state index contributed by atoms with van der Waals surface area (Å²) < 4.78 is 37.7. The van der Waals surface area contributed by atoms with E-state index in [1.807, 2.05) is 0 Å². The van der Waals surface area contributed by atoms with Crippen LogP contribution in [0.3, 0.4) is 0 Å². The fourth-order valence-electron chi connectivity index (χ4n) is 1.98. The van der Waals surface area contributed by atoms with Crippen molar-refractivity contribution >= 4 is 32.0 Å². The maximum absolute atomic E-state index is 13.7. The summed E-state index contributed by atoms with van der Waals surface area (Å²) in [6.07, 6.45) is 0. The minimum absolute atomic E-state index is 0.0303. The number of piperazine rings is 1. The lowest BCUT2D eigenvalue weighted by Crippen LogP contribution is -2.52. The largest absolute Gasteiger partial charge is 0.336 e. The third-order valence-electron chi connectivity index (χ3n) is 3.05. The number of amides is 1. The zero-order valence-corrected chi connectivity index (χ0v) is 12.8. The first-order valence-corrected chi connectivity index (χ1v) is 8.11. The second kappa shape index (κ2) is 5.76. The summed E-state index contributed by atoms with van der Waals surface area (Å²) in [6, 6.07) is 4.19. The molecule has 0 unspecified atom stereocenters. The second-order valence-corrected chi connectivity index (χ2v) is 6.82. The number of halogens is 2. The smallest absolute Gasteiger partial charge is 0.277 e. The average Bonchev–Trinajstić information content (AvgIpc) is 2.37. The lowest BCUT2D eigenvalue weighted by Gasteiger charge is -2.33. The van der Waals surface area contributed by atoms with Crippen molar-refractivity contribution in [2.45, 2.75) is 0 Å². The molecule has 1 aliphatic heterocycles. The van der Waals surface area contributed by atoms with E-state index < -0.39 is 21.9 Å². The molecule has 2 N–H and O–H groups in total. The molecule has 0 aliphatic carbocycles. The van der Waals surface area contributed by atoms with Gasteiger partial charge in [-0.2, -0.15) is 12.7 Å². The van der Waals surface area contributed by atoms with E-state index in [-0.39, 0.29) is 31.7 Å². The predicted octanol–water partition coefficient (Wildman–Crippen LogP) is 0.550. The van der Waals surface area contributed by atoms with Crippen LogP contribution in [-0.4, -0.2) is 49.7 Å². The van der Waals surface area contributed by atoms with E-state index in [1.54, 1.807) is 6.07 Å². The molecule has 1 aliphatic rings. The number of nitrogens with zero attached hydrogens (tertiary/aromatic N) is 2. The molecule has 0 aromatic heterocycles. The highest BCUT2D eigenvalue weighted by Gasteiger charge is 2.28. The second-order valence-electron chi connectivity index (χ2n) is 4.36. The Bertz CT molecular complexity index is 630. The van der Waals surface area contributed by atoms with Gasteiger partial charge in [0.25, 0.3) is 16.1 Å². The summed E-state index contributed by atoms with van der Waals surface area (Å²) in [7, 11) is -3.74. The van der Waals surface area contributed by atoms with Crippen molar-refractivity contribution in [2.24, 2.45) is 5.14 Å². The summed E-state index contributed by atoms with van der Waals surface area (Å²) in [4.78, 5) is 13.6. The first-order chi connectivity index (χ1) is 9.29. The molecule has 1 aromatic carbocycles. The van der Waals surface area contributed by atoms with Crippen LogP contribution in [0.2, 0.25) is 0 Å². The van der Waals surface area contributed by atoms with Gasteiger partial charge in [-0.3, -0.25) is 4.79 Å². The molecule has 1 aromatic rings. The molecule has 0 radical (unpaired) electrons. The van der Waals surface area contributed by atoms with Crippen LogP contribution < -0.4 is 5.14 Å². The molecule has 1 saturated heterocycles. The fourth-order valence-corrected chi connectivity index (χ4v) is 2.98. The molecule has 0 atom stereocenters. The number of carbonyl (C=O) groups excluding carboxylic acids is 1. The van der Waals surface area contributed by atoms with Gasteiger partial charge in [0.2, 0.25) is 0 Å². The van der Waals surface area contributed by atoms with Gasteiger partial charge in [-0.25, -0.2) is 9.53 Å². The number of hydrogen-bond donors (Lipinski definition) is 1. The van der Waals surface area contributed by atoms with Gasteiger partial charge in [-0.1, -0.05) is 15.9 Å². The highest BCUT2D eigenvalue weighted by atomic mass is 79.9. The molecule has 0 saturated carbocycles. The van der Waals surface area contributed by atoms with Gasteiger partial charge in [-0.15, -0.1) is 0 Å². The summed E-state index contributed by atoms with van der Waals surface area (Å²) in [5.41, 5.74) is -0.0303. The molecule has 0 bridgehead atoms. The Morgan fingerprint density at radius 2 is 1.85 bits per heavy atom. The topological polar surface area (TPSA) is 83.7 Å². The first-order valence-electron chi connectivity index (χ1n) is 5.81. The maximum Gasteiger partial charge on any atom is 0.277 e. The minimum atomic E-state index is -3.74.